The summed E-state index contributed by atoms with van der Waals surface area (Å²) in [5.74, 6) is -0.685. The molecule has 0 saturated carbocycles. The molecule has 0 amide bonds. The molecule has 3 N–H and O–H groups in total. The number of allylic oxidation sites excluding steroid dienone is 2. The van der Waals surface area contributed by atoms with Gasteiger partial charge >= 0.3 is 5.97 Å². The highest BCUT2D eigenvalue weighted by Gasteiger charge is 1.94. The molecule has 0 rings (SSSR count). The molecule has 0 unspecified atom stereocenters. The number of nitrogens with two attached hydrogens (primary N) is 1. The van der Waals surface area contributed by atoms with Crippen LogP contribution in [-0.4, -0.2) is 17.6 Å². The van der Waals surface area contributed by atoms with Gasteiger partial charge in [0.15, 0.2) is 0 Å². The van der Waals surface area contributed by atoms with Gasteiger partial charge < -0.3 is 10.8 Å². The van der Waals surface area contributed by atoms with E-state index in [1.807, 2.05) is 0 Å². The lowest BCUT2D eigenvalue weighted by molar-refractivity contribution is -0.137. The number of rotatable bonds is 11. The largest absolute Gasteiger partial charge is 0.481 e. The molecular formula is C13H25NO2. The molecule has 0 aromatic carbocycles. The van der Waals surface area contributed by atoms with E-state index in [1.165, 1.54) is 12.8 Å². The second-order valence-electron chi connectivity index (χ2n) is 4.10. The van der Waals surface area contributed by atoms with E-state index in [9.17, 15) is 4.79 Å². The summed E-state index contributed by atoms with van der Waals surface area (Å²) in [6.45, 7) is 0.799. The first-order valence-corrected chi connectivity index (χ1v) is 6.34. The second-order valence-corrected chi connectivity index (χ2v) is 4.10. The van der Waals surface area contributed by atoms with E-state index < -0.39 is 5.97 Å². The average molecular weight is 227 g/mol. The molecule has 0 fully saturated rings. The van der Waals surface area contributed by atoms with Crippen molar-refractivity contribution in [3.05, 3.63) is 12.2 Å². The monoisotopic (exact) mass is 227 g/mol. The molecule has 94 valence electrons. The minimum Gasteiger partial charge on any atom is -0.481 e. The molecule has 0 aliphatic heterocycles. The average Bonchev–Trinajstić information content (AvgIpc) is 2.25. The summed E-state index contributed by atoms with van der Waals surface area (Å²) < 4.78 is 0. The highest BCUT2D eigenvalue weighted by Crippen LogP contribution is 2.05. The van der Waals surface area contributed by atoms with E-state index in [-0.39, 0.29) is 0 Å². The van der Waals surface area contributed by atoms with Crippen LogP contribution in [0.15, 0.2) is 12.2 Å². The molecule has 16 heavy (non-hydrogen) atoms. The van der Waals surface area contributed by atoms with Crippen LogP contribution >= 0.6 is 0 Å². The van der Waals surface area contributed by atoms with Crippen molar-refractivity contribution in [2.45, 2.75) is 57.8 Å². The molecule has 0 heterocycles. The third-order valence-electron chi connectivity index (χ3n) is 2.50. The smallest absolute Gasteiger partial charge is 0.303 e. The Balaban J connectivity index is 3.06. The van der Waals surface area contributed by atoms with Gasteiger partial charge in [0.25, 0.3) is 0 Å². The summed E-state index contributed by atoms with van der Waals surface area (Å²) in [7, 11) is 0. The van der Waals surface area contributed by atoms with Crippen molar-refractivity contribution in [1.29, 1.82) is 0 Å². The van der Waals surface area contributed by atoms with Crippen molar-refractivity contribution in [3.8, 4) is 0 Å². The summed E-state index contributed by atoms with van der Waals surface area (Å²) in [6.07, 6.45) is 13.5. The fourth-order valence-corrected chi connectivity index (χ4v) is 1.53. The number of unbranched alkanes of at least 4 members (excludes halogenated alkanes) is 6. The summed E-state index contributed by atoms with van der Waals surface area (Å²) in [5.41, 5.74) is 5.40. The fraction of sp³-hybridized carbons (Fsp3) is 0.769. The number of carbonyl (C=O) groups is 1. The zero-order valence-corrected chi connectivity index (χ0v) is 10.2. The van der Waals surface area contributed by atoms with Gasteiger partial charge in [-0.15, -0.1) is 0 Å². The van der Waals surface area contributed by atoms with E-state index >= 15 is 0 Å². The van der Waals surface area contributed by atoms with Crippen molar-refractivity contribution in [2.75, 3.05) is 6.54 Å². The lowest BCUT2D eigenvalue weighted by Gasteiger charge is -1.96. The topological polar surface area (TPSA) is 63.3 Å². The summed E-state index contributed by atoms with van der Waals surface area (Å²) >= 11 is 0. The first-order valence-electron chi connectivity index (χ1n) is 6.34. The molecule has 0 saturated heterocycles. The maximum absolute atomic E-state index is 10.2. The van der Waals surface area contributed by atoms with Crippen LogP contribution in [0.1, 0.15) is 57.8 Å². The van der Waals surface area contributed by atoms with Crippen LogP contribution in [0, 0.1) is 0 Å². The Morgan fingerprint density at radius 1 is 0.938 bits per heavy atom. The molecule has 0 radical (unpaired) electrons. The quantitative estimate of drug-likeness (QED) is 0.421. The molecule has 0 aliphatic rings. The van der Waals surface area contributed by atoms with Crippen LogP contribution in [0.25, 0.3) is 0 Å². The van der Waals surface area contributed by atoms with Crippen molar-refractivity contribution >= 4 is 5.97 Å². The first kappa shape index (κ1) is 15.2. The molecule has 0 spiro atoms. The van der Waals surface area contributed by atoms with Gasteiger partial charge in [-0.3, -0.25) is 4.79 Å². The van der Waals surface area contributed by atoms with E-state index in [0.717, 1.165) is 45.1 Å². The van der Waals surface area contributed by atoms with E-state index in [0.29, 0.717) is 6.42 Å². The molecule has 0 bridgehead atoms. The third-order valence-corrected chi connectivity index (χ3v) is 2.50. The molecular weight excluding hydrogens is 202 g/mol. The Labute approximate surface area is 98.7 Å². The van der Waals surface area contributed by atoms with Crippen molar-refractivity contribution < 1.29 is 9.90 Å². The highest BCUT2D eigenvalue weighted by atomic mass is 16.4. The number of hydrogen-bond acceptors (Lipinski definition) is 2. The molecule has 0 aromatic rings. The van der Waals surface area contributed by atoms with Gasteiger partial charge in [0.1, 0.15) is 0 Å². The molecule has 3 nitrogen and oxygen atoms in total. The van der Waals surface area contributed by atoms with Crippen molar-refractivity contribution in [3.63, 3.8) is 0 Å². The van der Waals surface area contributed by atoms with Gasteiger partial charge in [-0.05, 0) is 45.1 Å². The Morgan fingerprint density at radius 2 is 1.50 bits per heavy atom. The molecule has 0 atom stereocenters. The summed E-state index contributed by atoms with van der Waals surface area (Å²) in [5, 5.41) is 8.43. The first-order chi connectivity index (χ1) is 7.77. The molecule has 0 aromatic heterocycles. The number of carboxylic acid groups (broad SMARTS) is 1. The zero-order chi connectivity index (χ0) is 12.1. The maximum Gasteiger partial charge on any atom is 0.303 e. The van der Waals surface area contributed by atoms with E-state index in [2.05, 4.69) is 12.2 Å². The van der Waals surface area contributed by atoms with E-state index in [1.54, 1.807) is 0 Å². The van der Waals surface area contributed by atoms with Gasteiger partial charge in [0.05, 0.1) is 0 Å². The van der Waals surface area contributed by atoms with Crippen LogP contribution in [-0.2, 0) is 4.79 Å². The standard InChI is InChI=1S/C13H25NO2/c14-12-10-8-6-4-2-1-3-5-7-9-11-13(15)16/h1-2H,3-12,14H2,(H,15,16). The Hall–Kier alpha value is -0.830. The molecule has 3 heteroatoms. The highest BCUT2D eigenvalue weighted by molar-refractivity contribution is 5.66. The minimum atomic E-state index is -0.685. The van der Waals surface area contributed by atoms with Crippen LogP contribution in [0.5, 0.6) is 0 Å². The summed E-state index contributed by atoms with van der Waals surface area (Å²) in [6, 6.07) is 0. The summed E-state index contributed by atoms with van der Waals surface area (Å²) in [4.78, 5) is 10.2. The van der Waals surface area contributed by atoms with Gasteiger partial charge in [-0.2, -0.15) is 0 Å². The normalized spacial score (nSPS) is 11.1. The van der Waals surface area contributed by atoms with Gasteiger partial charge in [0, 0.05) is 6.42 Å². The SMILES string of the molecule is NCCCCCC=CCCCCCC(=O)O. The van der Waals surface area contributed by atoms with Gasteiger partial charge in [-0.1, -0.05) is 25.0 Å². The van der Waals surface area contributed by atoms with Crippen molar-refractivity contribution in [2.24, 2.45) is 5.73 Å². The van der Waals surface area contributed by atoms with Crippen LogP contribution in [0.3, 0.4) is 0 Å². The number of carboxylic acids is 1. The Bertz CT molecular complexity index is 190. The predicted octanol–water partition coefficient (Wildman–Crippen LogP) is 3.10. The van der Waals surface area contributed by atoms with E-state index in [4.69, 9.17) is 10.8 Å². The number of hydrogen-bond donors (Lipinski definition) is 2. The maximum atomic E-state index is 10.2. The predicted molar refractivity (Wildman–Crippen MR) is 67.4 cm³/mol. The van der Waals surface area contributed by atoms with Crippen LogP contribution in [0.4, 0.5) is 0 Å². The lowest BCUT2D eigenvalue weighted by atomic mass is 10.1. The lowest BCUT2D eigenvalue weighted by Crippen LogP contribution is -1.97. The number of aliphatic carboxylic acids is 1. The Kier molecular flexibility index (Phi) is 11.6. The van der Waals surface area contributed by atoms with Crippen molar-refractivity contribution in [1.82, 2.24) is 0 Å². The minimum absolute atomic E-state index is 0.308. The Morgan fingerprint density at radius 3 is 2.00 bits per heavy atom. The van der Waals surface area contributed by atoms with Crippen LogP contribution in [0.2, 0.25) is 0 Å². The fourth-order valence-electron chi connectivity index (χ4n) is 1.53. The van der Waals surface area contributed by atoms with Crippen LogP contribution < -0.4 is 5.73 Å². The van der Waals surface area contributed by atoms with Gasteiger partial charge in [-0.25, -0.2) is 0 Å². The second kappa shape index (κ2) is 12.2. The third kappa shape index (κ3) is 13.2. The molecule has 0 aliphatic carbocycles. The van der Waals surface area contributed by atoms with Gasteiger partial charge in [0.2, 0.25) is 0 Å². The zero-order valence-electron chi connectivity index (χ0n) is 10.2.